The molecule has 0 spiro atoms. The van der Waals surface area contributed by atoms with E-state index < -0.39 is 11.7 Å². The summed E-state index contributed by atoms with van der Waals surface area (Å²) in [5.74, 6) is -0.361. The smallest absolute Gasteiger partial charge is 0.258 e. The van der Waals surface area contributed by atoms with E-state index in [2.05, 4.69) is 21.2 Å². The lowest BCUT2D eigenvalue weighted by Gasteiger charge is -2.09. The fourth-order valence-corrected chi connectivity index (χ4v) is 2.99. The first kappa shape index (κ1) is 14.4. The highest BCUT2D eigenvalue weighted by Crippen LogP contribution is 2.29. The molecule has 1 amide bonds. The van der Waals surface area contributed by atoms with Crippen LogP contribution in [0.15, 0.2) is 34.8 Å². The molecule has 2 aromatic carbocycles. The quantitative estimate of drug-likeness (QED) is 0.794. The van der Waals surface area contributed by atoms with Gasteiger partial charge in [-0.05, 0) is 51.8 Å². The van der Waals surface area contributed by atoms with Gasteiger partial charge in [0.25, 0.3) is 5.91 Å². The molecule has 1 heterocycles. The van der Waals surface area contributed by atoms with E-state index in [-0.39, 0.29) is 15.1 Å². The number of benzene rings is 2. The molecule has 0 radical (unpaired) electrons. The first-order valence-corrected chi connectivity index (χ1v) is 7.43. The van der Waals surface area contributed by atoms with Crippen LogP contribution in [-0.4, -0.2) is 12.5 Å². The lowest BCUT2D eigenvalue weighted by atomic mass is 10.1. The standard InChI is InChI=1S/C15H10BrClFNO2/c16-12-7-9(17)6-11(14(12)18)15(20)19-10-1-2-13-8(5-10)3-4-21-13/h1-2,5-7H,3-4H2,(H,19,20). The van der Waals surface area contributed by atoms with Gasteiger partial charge in [-0.15, -0.1) is 0 Å². The molecule has 108 valence electrons. The zero-order valence-electron chi connectivity index (χ0n) is 10.8. The number of carbonyl (C=O) groups excluding carboxylic acids is 1. The van der Waals surface area contributed by atoms with Gasteiger partial charge in [0, 0.05) is 17.1 Å². The summed E-state index contributed by atoms with van der Waals surface area (Å²) in [5, 5.41) is 2.96. The molecule has 0 atom stereocenters. The van der Waals surface area contributed by atoms with Crippen LogP contribution in [0.25, 0.3) is 0 Å². The minimum absolute atomic E-state index is 0.105. The molecule has 3 nitrogen and oxygen atoms in total. The Bertz CT molecular complexity index is 736. The van der Waals surface area contributed by atoms with Gasteiger partial charge in [-0.25, -0.2) is 4.39 Å². The molecule has 2 aromatic rings. The van der Waals surface area contributed by atoms with Gasteiger partial charge in [0.05, 0.1) is 16.6 Å². The Morgan fingerprint density at radius 1 is 1.33 bits per heavy atom. The highest BCUT2D eigenvalue weighted by atomic mass is 79.9. The van der Waals surface area contributed by atoms with Gasteiger partial charge < -0.3 is 10.1 Å². The van der Waals surface area contributed by atoms with Crippen LogP contribution in [0.5, 0.6) is 5.75 Å². The first-order chi connectivity index (χ1) is 10.0. The minimum Gasteiger partial charge on any atom is -0.493 e. The summed E-state index contributed by atoms with van der Waals surface area (Å²) in [6, 6.07) is 8.05. The fraction of sp³-hybridized carbons (Fsp3) is 0.133. The van der Waals surface area contributed by atoms with Crippen LogP contribution in [0.1, 0.15) is 15.9 Å². The van der Waals surface area contributed by atoms with Crippen molar-refractivity contribution >= 4 is 39.1 Å². The summed E-state index contributed by atoms with van der Waals surface area (Å²) in [4.78, 5) is 12.2. The van der Waals surface area contributed by atoms with Crippen LogP contribution in [0, 0.1) is 5.82 Å². The Hall–Kier alpha value is -1.59. The number of rotatable bonds is 2. The normalized spacial score (nSPS) is 12.7. The Balaban J connectivity index is 1.87. The molecule has 0 saturated heterocycles. The van der Waals surface area contributed by atoms with Gasteiger partial charge in [-0.2, -0.15) is 0 Å². The number of anilines is 1. The summed E-state index contributed by atoms with van der Waals surface area (Å²) < 4.78 is 19.5. The van der Waals surface area contributed by atoms with Gasteiger partial charge >= 0.3 is 0 Å². The lowest BCUT2D eigenvalue weighted by molar-refractivity contribution is 0.102. The predicted octanol–water partition coefficient (Wildman–Crippen LogP) is 4.43. The molecule has 21 heavy (non-hydrogen) atoms. The molecule has 1 N–H and O–H groups in total. The van der Waals surface area contributed by atoms with E-state index in [0.29, 0.717) is 12.3 Å². The average molecular weight is 371 g/mol. The minimum atomic E-state index is -0.638. The molecule has 0 unspecified atom stereocenters. The van der Waals surface area contributed by atoms with E-state index >= 15 is 0 Å². The molecule has 1 aliphatic rings. The second-order valence-electron chi connectivity index (χ2n) is 4.62. The Kier molecular flexibility index (Phi) is 3.87. The predicted molar refractivity (Wildman–Crippen MR) is 82.7 cm³/mol. The summed E-state index contributed by atoms with van der Waals surface area (Å²) >= 11 is 8.89. The second-order valence-corrected chi connectivity index (χ2v) is 5.92. The van der Waals surface area contributed by atoms with Crippen LogP contribution in [0.3, 0.4) is 0 Å². The van der Waals surface area contributed by atoms with E-state index in [1.165, 1.54) is 12.1 Å². The topological polar surface area (TPSA) is 38.3 Å². The molecule has 0 aliphatic carbocycles. The highest BCUT2D eigenvalue weighted by molar-refractivity contribution is 9.10. The number of halogens is 3. The third-order valence-electron chi connectivity index (χ3n) is 3.18. The zero-order valence-corrected chi connectivity index (χ0v) is 13.1. The van der Waals surface area contributed by atoms with Crippen molar-refractivity contribution in [1.82, 2.24) is 0 Å². The number of amides is 1. The molecule has 0 saturated carbocycles. The number of fused-ring (bicyclic) bond motifs is 1. The SMILES string of the molecule is O=C(Nc1ccc2c(c1)CCO2)c1cc(Cl)cc(Br)c1F. The van der Waals surface area contributed by atoms with Crippen LogP contribution in [0.4, 0.5) is 10.1 Å². The molecular weight excluding hydrogens is 361 g/mol. The highest BCUT2D eigenvalue weighted by Gasteiger charge is 2.17. The Morgan fingerprint density at radius 3 is 2.95 bits per heavy atom. The Morgan fingerprint density at radius 2 is 2.14 bits per heavy atom. The number of ether oxygens (including phenoxy) is 1. The van der Waals surface area contributed by atoms with E-state index in [4.69, 9.17) is 16.3 Å². The first-order valence-electron chi connectivity index (χ1n) is 6.26. The van der Waals surface area contributed by atoms with Crippen molar-refractivity contribution in [2.24, 2.45) is 0 Å². The van der Waals surface area contributed by atoms with E-state index in [1.807, 2.05) is 6.07 Å². The van der Waals surface area contributed by atoms with Crippen molar-refractivity contribution < 1.29 is 13.9 Å². The summed E-state index contributed by atoms with van der Waals surface area (Å²) in [6.07, 6.45) is 0.802. The maximum Gasteiger partial charge on any atom is 0.258 e. The van der Waals surface area contributed by atoms with Crippen molar-refractivity contribution in [3.8, 4) is 5.75 Å². The molecular formula is C15H10BrClFNO2. The van der Waals surface area contributed by atoms with Crippen LogP contribution in [0.2, 0.25) is 5.02 Å². The van der Waals surface area contributed by atoms with E-state index in [9.17, 15) is 9.18 Å². The maximum atomic E-state index is 14.0. The fourth-order valence-electron chi connectivity index (χ4n) is 2.18. The number of nitrogens with one attached hydrogen (secondary N) is 1. The average Bonchev–Trinajstić information content (AvgIpc) is 2.90. The van der Waals surface area contributed by atoms with Gasteiger partial charge in [-0.1, -0.05) is 11.6 Å². The third kappa shape index (κ3) is 2.89. The molecule has 3 rings (SSSR count). The van der Waals surface area contributed by atoms with Crippen LogP contribution < -0.4 is 10.1 Å². The van der Waals surface area contributed by atoms with Crippen molar-refractivity contribution in [1.29, 1.82) is 0 Å². The summed E-state index contributed by atoms with van der Waals surface area (Å²) in [6.45, 7) is 0.641. The van der Waals surface area contributed by atoms with Gasteiger partial charge in [0.2, 0.25) is 0 Å². The summed E-state index contributed by atoms with van der Waals surface area (Å²) in [7, 11) is 0. The second kappa shape index (κ2) is 5.66. The van der Waals surface area contributed by atoms with Crippen molar-refractivity contribution in [3.63, 3.8) is 0 Å². The van der Waals surface area contributed by atoms with Gasteiger partial charge in [-0.3, -0.25) is 4.79 Å². The number of carbonyl (C=O) groups is 1. The lowest BCUT2D eigenvalue weighted by Crippen LogP contribution is -2.14. The van der Waals surface area contributed by atoms with Crippen molar-refractivity contribution in [2.45, 2.75) is 6.42 Å². The van der Waals surface area contributed by atoms with Crippen LogP contribution in [-0.2, 0) is 6.42 Å². The molecule has 0 aromatic heterocycles. The number of hydrogen-bond donors (Lipinski definition) is 1. The van der Waals surface area contributed by atoms with Gasteiger partial charge in [0.15, 0.2) is 0 Å². The number of hydrogen-bond acceptors (Lipinski definition) is 2. The third-order valence-corrected chi connectivity index (χ3v) is 3.98. The van der Waals surface area contributed by atoms with Crippen molar-refractivity contribution in [2.75, 3.05) is 11.9 Å². The molecule has 0 bridgehead atoms. The van der Waals surface area contributed by atoms with E-state index in [1.54, 1.807) is 12.1 Å². The zero-order chi connectivity index (χ0) is 15.0. The molecule has 0 fully saturated rings. The maximum absolute atomic E-state index is 14.0. The largest absolute Gasteiger partial charge is 0.493 e. The van der Waals surface area contributed by atoms with E-state index in [0.717, 1.165) is 17.7 Å². The summed E-state index contributed by atoms with van der Waals surface area (Å²) in [5.41, 5.74) is 1.52. The van der Waals surface area contributed by atoms with Crippen LogP contribution >= 0.6 is 27.5 Å². The van der Waals surface area contributed by atoms with Gasteiger partial charge in [0.1, 0.15) is 11.6 Å². The molecule has 6 heteroatoms. The monoisotopic (exact) mass is 369 g/mol. The molecule has 1 aliphatic heterocycles. The van der Waals surface area contributed by atoms with Crippen molar-refractivity contribution in [3.05, 3.63) is 56.8 Å². The Labute approximate surface area is 134 Å².